The molecule has 1 aliphatic heterocycles. The Morgan fingerprint density at radius 3 is 2.78 bits per heavy atom. The number of alkyl halides is 3. The molecule has 1 N–H and O–H groups in total. The van der Waals surface area contributed by atoms with E-state index < -0.39 is 35.0 Å². The summed E-state index contributed by atoms with van der Waals surface area (Å²) in [5.74, 6) is -0.509. The van der Waals surface area contributed by atoms with Crippen LogP contribution in [0.3, 0.4) is 0 Å². The van der Waals surface area contributed by atoms with E-state index in [0.717, 1.165) is 4.68 Å². The first-order valence-corrected chi connectivity index (χ1v) is 12.4. The number of nitrogens with one attached hydrogen (secondary N) is 1. The Bertz CT molecular complexity index is 1440. The lowest BCUT2D eigenvalue weighted by molar-refractivity contribution is 0.122. The molecule has 4 aromatic rings. The standard InChI is InChI=1S/C22H23BF4N8S2/c1-33-5-4-14(12(24)8-33)28-21-29-16(7-22(23,36)37)20-19(13(25)9-35(20)31-21)11-2-3-15-17(6-11)34(32-30-15)10-18(26)27/h2-3,6,9,12,14,18,36-37H,4-5,7-8,10H2,1H3,(H,28,31). The van der Waals surface area contributed by atoms with Gasteiger partial charge in [-0.15, -0.1) is 10.2 Å². The van der Waals surface area contributed by atoms with E-state index in [1.807, 2.05) is 11.9 Å². The molecular formula is C22H23BF4N8S2. The Labute approximate surface area is 222 Å². The van der Waals surface area contributed by atoms with Crippen LogP contribution in [0.4, 0.5) is 23.5 Å². The van der Waals surface area contributed by atoms with Gasteiger partial charge >= 0.3 is 0 Å². The molecule has 37 heavy (non-hydrogen) atoms. The van der Waals surface area contributed by atoms with Crippen molar-refractivity contribution in [2.45, 2.75) is 42.0 Å². The summed E-state index contributed by atoms with van der Waals surface area (Å²) in [5, 5.41) is 15.1. The van der Waals surface area contributed by atoms with E-state index in [0.29, 0.717) is 40.8 Å². The number of hydrogen-bond acceptors (Lipinski definition) is 8. The first kappa shape index (κ1) is 26.1. The first-order valence-electron chi connectivity index (χ1n) is 11.5. The number of halogens is 4. The second-order valence-electron chi connectivity index (χ2n) is 9.27. The summed E-state index contributed by atoms with van der Waals surface area (Å²) in [5.41, 5.74) is 1.87. The van der Waals surface area contributed by atoms with E-state index in [9.17, 15) is 13.2 Å². The molecule has 4 heterocycles. The lowest BCUT2D eigenvalue weighted by Crippen LogP contribution is -2.46. The topological polar surface area (TPSA) is 76.2 Å². The van der Waals surface area contributed by atoms with Crippen molar-refractivity contribution in [3.05, 3.63) is 35.9 Å². The van der Waals surface area contributed by atoms with Gasteiger partial charge in [0, 0.05) is 29.1 Å². The average molecular weight is 550 g/mol. The summed E-state index contributed by atoms with van der Waals surface area (Å²) < 4.78 is 57.2. The minimum Gasteiger partial charge on any atom is -0.347 e. The molecular weight excluding hydrogens is 527 g/mol. The van der Waals surface area contributed by atoms with Crippen LogP contribution in [0.25, 0.3) is 27.7 Å². The lowest BCUT2D eigenvalue weighted by atomic mass is 9.96. The van der Waals surface area contributed by atoms with E-state index in [1.165, 1.54) is 16.8 Å². The summed E-state index contributed by atoms with van der Waals surface area (Å²) in [6.07, 6.45) is -2.05. The number of aromatic nitrogens is 6. The number of piperidine rings is 1. The molecule has 1 saturated heterocycles. The van der Waals surface area contributed by atoms with Crippen LogP contribution < -0.4 is 5.32 Å². The Balaban J connectivity index is 1.61. The van der Waals surface area contributed by atoms with Crippen molar-refractivity contribution in [3.63, 3.8) is 0 Å². The van der Waals surface area contributed by atoms with Crippen molar-refractivity contribution in [2.24, 2.45) is 0 Å². The second kappa shape index (κ2) is 9.99. The SMILES string of the molecule is [B]C(S)(S)Cc1nc(NC2CCN(C)CC2F)nn2cc(F)c(-c3ccc4nnn(CC(F)F)c4c3)c12. The minimum atomic E-state index is -2.64. The molecule has 3 aromatic heterocycles. The zero-order valence-electron chi connectivity index (χ0n) is 19.7. The smallest absolute Gasteiger partial charge is 0.258 e. The molecule has 5 rings (SSSR count). The number of thiol groups is 2. The Morgan fingerprint density at radius 2 is 2.08 bits per heavy atom. The summed E-state index contributed by atoms with van der Waals surface area (Å²) >= 11 is 8.59. The van der Waals surface area contributed by atoms with Gasteiger partial charge in [-0.25, -0.2) is 31.7 Å². The number of fused-ring (bicyclic) bond motifs is 2. The van der Waals surface area contributed by atoms with Crippen LogP contribution in [0.5, 0.6) is 0 Å². The molecule has 8 nitrogen and oxygen atoms in total. The van der Waals surface area contributed by atoms with Crippen molar-refractivity contribution in [3.8, 4) is 11.1 Å². The molecule has 1 aromatic carbocycles. The highest BCUT2D eigenvalue weighted by Crippen LogP contribution is 2.35. The molecule has 194 valence electrons. The number of rotatable bonds is 7. The summed E-state index contributed by atoms with van der Waals surface area (Å²) in [4.78, 5) is 6.44. The van der Waals surface area contributed by atoms with Gasteiger partial charge in [0.2, 0.25) is 5.95 Å². The van der Waals surface area contributed by atoms with E-state index in [1.54, 1.807) is 12.1 Å². The van der Waals surface area contributed by atoms with Gasteiger partial charge in [-0.05, 0) is 31.2 Å². The van der Waals surface area contributed by atoms with Gasteiger partial charge in [0.1, 0.15) is 26.1 Å². The van der Waals surface area contributed by atoms with E-state index in [4.69, 9.17) is 7.85 Å². The Hall–Kier alpha value is -2.52. The Kier molecular flexibility index (Phi) is 7.05. The summed E-state index contributed by atoms with van der Waals surface area (Å²) in [6.45, 7) is 0.325. The third-order valence-corrected chi connectivity index (χ3v) is 6.57. The maximum Gasteiger partial charge on any atom is 0.258 e. The molecule has 0 spiro atoms. The zero-order chi connectivity index (χ0) is 26.5. The molecule has 15 heteroatoms. The molecule has 0 saturated carbocycles. The first-order chi connectivity index (χ1) is 17.5. The van der Waals surface area contributed by atoms with Crippen LogP contribution in [0.15, 0.2) is 24.4 Å². The van der Waals surface area contributed by atoms with Crippen molar-refractivity contribution < 1.29 is 17.6 Å². The van der Waals surface area contributed by atoms with Crippen molar-refractivity contribution in [1.29, 1.82) is 0 Å². The summed E-state index contributed by atoms with van der Waals surface area (Å²) in [6, 6.07) is 4.21. The van der Waals surface area contributed by atoms with Gasteiger partial charge in [-0.2, -0.15) is 25.3 Å². The van der Waals surface area contributed by atoms with Crippen LogP contribution >= 0.6 is 25.3 Å². The molecule has 1 fully saturated rings. The highest BCUT2D eigenvalue weighted by molar-refractivity contribution is 8.02. The largest absolute Gasteiger partial charge is 0.347 e. The molecule has 1 aliphatic rings. The van der Waals surface area contributed by atoms with Crippen molar-refractivity contribution >= 4 is 55.6 Å². The molecule has 0 aliphatic carbocycles. The number of likely N-dealkylation sites (tertiary alicyclic amines) is 1. The quantitative estimate of drug-likeness (QED) is 0.142. The van der Waals surface area contributed by atoms with Gasteiger partial charge in [0.15, 0.2) is 5.82 Å². The van der Waals surface area contributed by atoms with Crippen LogP contribution in [-0.4, -0.2) is 85.1 Å². The number of hydrogen-bond donors (Lipinski definition) is 3. The fourth-order valence-electron chi connectivity index (χ4n) is 4.60. The zero-order valence-corrected chi connectivity index (χ0v) is 21.5. The number of benzene rings is 1. The van der Waals surface area contributed by atoms with Crippen LogP contribution in [0.2, 0.25) is 0 Å². The second-order valence-corrected chi connectivity index (χ2v) is 11.2. The monoisotopic (exact) mass is 550 g/mol. The van der Waals surface area contributed by atoms with E-state index >= 15 is 4.39 Å². The van der Waals surface area contributed by atoms with Gasteiger partial charge in [0.05, 0.1) is 29.0 Å². The number of anilines is 1. The van der Waals surface area contributed by atoms with Crippen LogP contribution in [0.1, 0.15) is 12.1 Å². The third-order valence-electron chi connectivity index (χ3n) is 6.26. The van der Waals surface area contributed by atoms with E-state index in [2.05, 4.69) is 51.0 Å². The molecule has 2 atom stereocenters. The predicted octanol–water partition coefficient (Wildman–Crippen LogP) is 3.22. The Morgan fingerprint density at radius 1 is 1.30 bits per heavy atom. The van der Waals surface area contributed by atoms with Crippen molar-refractivity contribution in [1.82, 2.24) is 34.5 Å². The molecule has 0 bridgehead atoms. The maximum absolute atomic E-state index is 15.4. The maximum atomic E-state index is 15.4. The van der Waals surface area contributed by atoms with Gasteiger partial charge in [0.25, 0.3) is 6.43 Å². The average Bonchev–Trinajstić information content (AvgIpc) is 3.34. The number of nitrogens with zero attached hydrogens (tertiary/aromatic N) is 7. The highest BCUT2D eigenvalue weighted by Gasteiger charge is 2.29. The highest BCUT2D eigenvalue weighted by atomic mass is 32.2. The van der Waals surface area contributed by atoms with Gasteiger partial charge < -0.3 is 10.2 Å². The van der Waals surface area contributed by atoms with Gasteiger partial charge in [-0.1, -0.05) is 11.3 Å². The van der Waals surface area contributed by atoms with Crippen molar-refractivity contribution in [2.75, 3.05) is 25.5 Å². The predicted molar refractivity (Wildman–Crippen MR) is 140 cm³/mol. The van der Waals surface area contributed by atoms with Crippen LogP contribution in [0, 0.1) is 5.82 Å². The van der Waals surface area contributed by atoms with Crippen LogP contribution in [-0.2, 0) is 13.0 Å². The lowest BCUT2D eigenvalue weighted by Gasteiger charge is -2.32. The summed E-state index contributed by atoms with van der Waals surface area (Å²) in [7, 11) is 7.89. The fourth-order valence-corrected chi connectivity index (χ4v) is 4.90. The molecule has 0 amide bonds. The normalized spacial score (nSPS) is 19.4. The minimum absolute atomic E-state index is 0.00987. The van der Waals surface area contributed by atoms with E-state index in [-0.39, 0.29) is 24.5 Å². The molecule has 2 unspecified atom stereocenters. The fraction of sp³-hybridized carbons (Fsp3) is 0.455. The third kappa shape index (κ3) is 5.53. The molecule has 2 radical (unpaired) electrons. The van der Waals surface area contributed by atoms with Gasteiger partial charge in [-0.3, -0.25) is 0 Å².